The maximum atomic E-state index is 6.30. The van der Waals surface area contributed by atoms with Gasteiger partial charge in [0, 0.05) is 13.2 Å². The Kier molecular flexibility index (Phi) is 2.26. The predicted molar refractivity (Wildman–Crippen MR) is 53.3 cm³/mol. The van der Waals surface area contributed by atoms with E-state index in [0.29, 0.717) is 12.1 Å². The van der Waals surface area contributed by atoms with Gasteiger partial charge in [-0.15, -0.1) is 0 Å². The van der Waals surface area contributed by atoms with Gasteiger partial charge in [-0.3, -0.25) is 0 Å². The Bertz CT molecular complexity index is 213. The summed E-state index contributed by atoms with van der Waals surface area (Å²) in [6.07, 6.45) is 6.68. The molecule has 3 nitrogen and oxygen atoms in total. The summed E-state index contributed by atoms with van der Waals surface area (Å²) in [4.78, 5) is 0. The second kappa shape index (κ2) is 3.47. The van der Waals surface area contributed by atoms with Crippen molar-refractivity contribution in [2.75, 3.05) is 19.8 Å². The molecule has 2 aliphatic heterocycles. The molecule has 3 aliphatic rings. The minimum absolute atomic E-state index is 0.193. The molecule has 1 saturated carbocycles. The molecule has 14 heavy (non-hydrogen) atoms. The molecule has 1 aliphatic carbocycles. The largest absolute Gasteiger partial charge is 0.380 e. The molecule has 3 heteroatoms. The average molecular weight is 197 g/mol. The number of rotatable bonds is 0. The Morgan fingerprint density at radius 1 is 1.21 bits per heavy atom. The van der Waals surface area contributed by atoms with E-state index in [1.54, 1.807) is 0 Å². The van der Waals surface area contributed by atoms with Crippen molar-refractivity contribution in [1.82, 2.24) is 5.32 Å². The highest BCUT2D eigenvalue weighted by Crippen LogP contribution is 2.37. The van der Waals surface area contributed by atoms with E-state index >= 15 is 0 Å². The van der Waals surface area contributed by atoms with Crippen molar-refractivity contribution in [1.29, 1.82) is 0 Å². The monoisotopic (exact) mass is 197 g/mol. The summed E-state index contributed by atoms with van der Waals surface area (Å²) in [5.41, 5.74) is 0.193. The predicted octanol–water partition coefficient (Wildman–Crippen LogP) is 1.08. The summed E-state index contributed by atoms with van der Waals surface area (Å²) < 4.78 is 11.7. The lowest BCUT2D eigenvalue weighted by atomic mass is 9.95. The molecule has 80 valence electrons. The number of hydrogen-bond donors (Lipinski definition) is 1. The normalized spacial score (nSPS) is 41.1. The number of fused-ring (bicyclic) bond motifs is 1. The first kappa shape index (κ1) is 9.13. The molecule has 1 N–H and O–H groups in total. The lowest BCUT2D eigenvalue weighted by molar-refractivity contribution is -0.164. The van der Waals surface area contributed by atoms with Crippen molar-refractivity contribution in [3.05, 3.63) is 0 Å². The second-order valence-corrected chi connectivity index (χ2v) is 4.90. The van der Waals surface area contributed by atoms with Crippen LogP contribution in [0.3, 0.4) is 0 Å². The van der Waals surface area contributed by atoms with E-state index in [1.807, 2.05) is 0 Å². The van der Waals surface area contributed by atoms with Crippen LogP contribution in [0.25, 0.3) is 0 Å². The molecule has 3 rings (SSSR count). The lowest BCUT2D eigenvalue weighted by Crippen LogP contribution is -2.61. The number of nitrogens with one attached hydrogen (secondary N) is 1. The number of ether oxygens (including phenoxy) is 2. The molecule has 0 amide bonds. The van der Waals surface area contributed by atoms with Crippen molar-refractivity contribution in [2.24, 2.45) is 0 Å². The fraction of sp³-hybridized carbons (Fsp3) is 1.00. The fourth-order valence-corrected chi connectivity index (χ4v) is 3.04. The molecular weight excluding hydrogens is 178 g/mol. The SMILES string of the molecule is C1CCC2(C1)CNC1COCCC1O2. The van der Waals surface area contributed by atoms with Crippen LogP contribution < -0.4 is 5.32 Å². The van der Waals surface area contributed by atoms with Gasteiger partial charge in [-0.05, 0) is 19.3 Å². The molecule has 0 aromatic carbocycles. The molecular formula is C11H19NO2. The first-order valence-corrected chi connectivity index (χ1v) is 5.87. The smallest absolute Gasteiger partial charge is 0.0811 e. The molecule has 0 radical (unpaired) electrons. The average Bonchev–Trinajstić information content (AvgIpc) is 2.66. The van der Waals surface area contributed by atoms with Crippen LogP contribution in [0.4, 0.5) is 0 Å². The number of hydrogen-bond acceptors (Lipinski definition) is 3. The Balaban J connectivity index is 1.70. The third-order valence-electron chi connectivity index (χ3n) is 3.90. The van der Waals surface area contributed by atoms with Crippen LogP contribution in [-0.2, 0) is 9.47 Å². The maximum Gasteiger partial charge on any atom is 0.0811 e. The van der Waals surface area contributed by atoms with Gasteiger partial charge in [0.15, 0.2) is 0 Å². The van der Waals surface area contributed by atoms with Crippen molar-refractivity contribution >= 4 is 0 Å². The minimum atomic E-state index is 0.193. The number of morpholine rings is 1. The Labute approximate surface area is 85.1 Å². The topological polar surface area (TPSA) is 30.5 Å². The molecule has 2 saturated heterocycles. The standard InChI is InChI=1S/C11H19NO2/c1-2-5-11(4-1)8-12-9-7-13-6-3-10(9)14-11/h9-10,12H,1-8H2. The van der Waals surface area contributed by atoms with E-state index in [4.69, 9.17) is 9.47 Å². The summed E-state index contributed by atoms with van der Waals surface area (Å²) in [5.74, 6) is 0. The van der Waals surface area contributed by atoms with Crippen LogP contribution in [0.15, 0.2) is 0 Å². The highest BCUT2D eigenvalue weighted by Gasteiger charge is 2.44. The maximum absolute atomic E-state index is 6.30. The van der Waals surface area contributed by atoms with Gasteiger partial charge in [0.1, 0.15) is 0 Å². The first-order valence-electron chi connectivity index (χ1n) is 5.87. The highest BCUT2D eigenvalue weighted by atomic mass is 16.5. The van der Waals surface area contributed by atoms with Crippen LogP contribution in [0.5, 0.6) is 0 Å². The molecule has 3 fully saturated rings. The summed E-state index contributed by atoms with van der Waals surface area (Å²) in [6, 6.07) is 0.454. The van der Waals surface area contributed by atoms with E-state index in [9.17, 15) is 0 Å². The van der Waals surface area contributed by atoms with E-state index < -0.39 is 0 Å². The molecule has 0 aromatic rings. The molecule has 2 unspecified atom stereocenters. The molecule has 2 heterocycles. The van der Waals surface area contributed by atoms with Gasteiger partial charge in [-0.25, -0.2) is 0 Å². The lowest BCUT2D eigenvalue weighted by Gasteiger charge is -2.45. The van der Waals surface area contributed by atoms with E-state index in [0.717, 1.165) is 26.2 Å². The van der Waals surface area contributed by atoms with E-state index in [-0.39, 0.29) is 5.60 Å². The third kappa shape index (κ3) is 1.47. The summed E-state index contributed by atoms with van der Waals surface area (Å²) >= 11 is 0. The quantitative estimate of drug-likeness (QED) is 0.630. The molecule has 0 aromatic heterocycles. The summed E-state index contributed by atoms with van der Waals surface area (Å²) in [6.45, 7) is 2.75. The van der Waals surface area contributed by atoms with Gasteiger partial charge < -0.3 is 14.8 Å². The van der Waals surface area contributed by atoms with Gasteiger partial charge in [-0.1, -0.05) is 12.8 Å². The summed E-state index contributed by atoms with van der Waals surface area (Å²) in [7, 11) is 0. The minimum Gasteiger partial charge on any atom is -0.380 e. The molecule has 0 bridgehead atoms. The van der Waals surface area contributed by atoms with Crippen molar-refractivity contribution in [3.63, 3.8) is 0 Å². The zero-order chi connectivity index (χ0) is 9.43. The molecule has 1 spiro atoms. The van der Waals surface area contributed by atoms with Gasteiger partial charge in [0.25, 0.3) is 0 Å². The first-order chi connectivity index (χ1) is 6.88. The van der Waals surface area contributed by atoms with Crippen LogP contribution >= 0.6 is 0 Å². The Hall–Kier alpha value is -0.120. The highest BCUT2D eigenvalue weighted by molar-refractivity contribution is 4.97. The molecule has 2 atom stereocenters. The van der Waals surface area contributed by atoms with E-state index in [1.165, 1.54) is 25.7 Å². The van der Waals surface area contributed by atoms with Crippen LogP contribution in [-0.4, -0.2) is 37.5 Å². The van der Waals surface area contributed by atoms with Crippen LogP contribution in [0, 0.1) is 0 Å². The zero-order valence-electron chi connectivity index (χ0n) is 8.63. The van der Waals surface area contributed by atoms with Gasteiger partial charge >= 0.3 is 0 Å². The van der Waals surface area contributed by atoms with Gasteiger partial charge in [0.05, 0.1) is 24.4 Å². The van der Waals surface area contributed by atoms with Crippen molar-refractivity contribution in [3.8, 4) is 0 Å². The fourth-order valence-electron chi connectivity index (χ4n) is 3.04. The third-order valence-corrected chi connectivity index (χ3v) is 3.90. The second-order valence-electron chi connectivity index (χ2n) is 4.90. The van der Waals surface area contributed by atoms with Gasteiger partial charge in [0.2, 0.25) is 0 Å². The zero-order valence-corrected chi connectivity index (χ0v) is 8.63. The van der Waals surface area contributed by atoms with Crippen LogP contribution in [0.2, 0.25) is 0 Å². The Morgan fingerprint density at radius 3 is 2.93 bits per heavy atom. The van der Waals surface area contributed by atoms with Crippen molar-refractivity contribution < 1.29 is 9.47 Å². The Morgan fingerprint density at radius 2 is 2.07 bits per heavy atom. The summed E-state index contributed by atoms with van der Waals surface area (Å²) in [5, 5.41) is 3.60. The van der Waals surface area contributed by atoms with Crippen molar-refractivity contribution in [2.45, 2.75) is 49.9 Å². The van der Waals surface area contributed by atoms with Crippen LogP contribution in [0.1, 0.15) is 32.1 Å². The van der Waals surface area contributed by atoms with E-state index in [2.05, 4.69) is 5.32 Å². The van der Waals surface area contributed by atoms with Gasteiger partial charge in [-0.2, -0.15) is 0 Å².